The fraction of sp³-hybridized carbons (Fsp3) is 0. The molecule has 0 saturated heterocycles. The second-order valence-corrected chi connectivity index (χ2v) is 9.25. The van der Waals surface area contributed by atoms with Gasteiger partial charge in [-0.25, -0.2) is 0 Å². The summed E-state index contributed by atoms with van der Waals surface area (Å²) in [6.07, 6.45) is 0. The lowest BCUT2D eigenvalue weighted by molar-refractivity contribution is 0.103. The number of hydrogen-bond donors (Lipinski definition) is 0. The smallest absolute Gasteiger partial charge is 0.200 e. The lowest BCUT2D eigenvalue weighted by atomic mass is 10.0. The van der Waals surface area contributed by atoms with E-state index >= 15 is 0 Å². The molecule has 0 aromatic heterocycles. The molecule has 0 atom stereocenters. The highest BCUT2D eigenvalue weighted by atomic mass is 16.5. The van der Waals surface area contributed by atoms with Crippen LogP contribution >= 0.6 is 0 Å². The van der Waals surface area contributed by atoms with Crippen LogP contribution < -0.4 is 18.9 Å². The van der Waals surface area contributed by atoms with Gasteiger partial charge in [0.1, 0.15) is 23.0 Å². The van der Waals surface area contributed by atoms with Gasteiger partial charge in [0.05, 0.1) is 11.1 Å². The van der Waals surface area contributed by atoms with E-state index in [1.54, 1.807) is 48.5 Å². The van der Waals surface area contributed by atoms with Crippen molar-refractivity contribution in [3.05, 3.63) is 169 Å². The first-order valence-corrected chi connectivity index (χ1v) is 13.5. The predicted octanol–water partition coefficient (Wildman–Crippen LogP) is 10.1. The van der Waals surface area contributed by atoms with Crippen molar-refractivity contribution in [1.82, 2.24) is 0 Å². The Hall–Kier alpha value is -5.81. The molecule has 0 heterocycles. The minimum Gasteiger partial charge on any atom is -0.453 e. The molecule has 0 aliphatic carbocycles. The lowest BCUT2D eigenvalue weighted by Crippen LogP contribution is -2.06. The average molecular weight is 551 g/mol. The zero-order chi connectivity index (χ0) is 28.6. The standard InChI is InChI=1S/C37H26O5/c38-37(29-19-7-9-21-31(29)41-35-25-13-11-23-33(35)39-27-15-3-1-4-16-27)30-20-8-10-22-32(30)42-36-26-14-12-24-34(36)40-28-17-5-2-6-18-28/h1-26H. The molecule has 0 amide bonds. The molecule has 0 spiro atoms. The van der Waals surface area contributed by atoms with Crippen molar-refractivity contribution in [2.75, 3.05) is 0 Å². The molecule has 204 valence electrons. The van der Waals surface area contributed by atoms with E-state index in [-0.39, 0.29) is 5.78 Å². The van der Waals surface area contributed by atoms with Crippen molar-refractivity contribution in [2.45, 2.75) is 0 Å². The van der Waals surface area contributed by atoms with E-state index < -0.39 is 0 Å². The summed E-state index contributed by atoms with van der Waals surface area (Å²) in [6.45, 7) is 0. The third-order valence-electron chi connectivity index (χ3n) is 6.34. The van der Waals surface area contributed by atoms with E-state index in [1.807, 2.05) is 109 Å². The molecule has 0 unspecified atom stereocenters. The Bertz CT molecular complexity index is 1670. The molecule has 5 nitrogen and oxygen atoms in total. The van der Waals surface area contributed by atoms with Gasteiger partial charge < -0.3 is 18.9 Å². The normalized spacial score (nSPS) is 10.5. The average Bonchev–Trinajstić information content (AvgIpc) is 3.04. The highest BCUT2D eigenvalue weighted by molar-refractivity contribution is 6.12. The molecule has 0 aliphatic rings. The predicted molar refractivity (Wildman–Crippen MR) is 162 cm³/mol. The van der Waals surface area contributed by atoms with Crippen LogP contribution in [0.1, 0.15) is 15.9 Å². The van der Waals surface area contributed by atoms with Crippen LogP contribution in [-0.2, 0) is 0 Å². The molecule has 0 aliphatic heterocycles. The Balaban J connectivity index is 1.29. The third kappa shape index (κ3) is 6.16. The van der Waals surface area contributed by atoms with Crippen molar-refractivity contribution >= 4 is 5.78 Å². The highest BCUT2D eigenvalue weighted by Crippen LogP contribution is 2.39. The summed E-state index contributed by atoms with van der Waals surface area (Å²) in [5.41, 5.74) is 0.772. The number of hydrogen-bond acceptors (Lipinski definition) is 5. The monoisotopic (exact) mass is 550 g/mol. The topological polar surface area (TPSA) is 54.0 Å². The van der Waals surface area contributed by atoms with Crippen LogP contribution in [0.15, 0.2) is 158 Å². The summed E-state index contributed by atoms with van der Waals surface area (Å²) in [5.74, 6) is 3.94. The number of ether oxygens (including phenoxy) is 4. The zero-order valence-electron chi connectivity index (χ0n) is 22.6. The Morgan fingerprint density at radius 3 is 0.976 bits per heavy atom. The van der Waals surface area contributed by atoms with Crippen molar-refractivity contribution in [2.24, 2.45) is 0 Å². The van der Waals surface area contributed by atoms with Crippen LogP contribution in [0.3, 0.4) is 0 Å². The minimum absolute atomic E-state index is 0.246. The van der Waals surface area contributed by atoms with Crippen LogP contribution in [-0.4, -0.2) is 5.78 Å². The fourth-order valence-corrected chi connectivity index (χ4v) is 4.34. The maximum Gasteiger partial charge on any atom is 0.200 e. The van der Waals surface area contributed by atoms with Crippen LogP contribution in [0.4, 0.5) is 0 Å². The molecule has 6 aromatic rings. The van der Waals surface area contributed by atoms with Crippen LogP contribution in [0, 0.1) is 0 Å². The second-order valence-electron chi connectivity index (χ2n) is 9.25. The van der Waals surface area contributed by atoms with E-state index in [2.05, 4.69) is 0 Å². The Morgan fingerprint density at radius 2 is 0.595 bits per heavy atom. The molecule has 0 saturated carbocycles. The van der Waals surface area contributed by atoms with Gasteiger partial charge in [0.2, 0.25) is 5.78 Å². The first kappa shape index (κ1) is 26.4. The SMILES string of the molecule is O=C(c1ccccc1Oc1ccccc1Oc1ccccc1)c1ccccc1Oc1ccccc1Oc1ccccc1. The molecule has 0 radical (unpaired) electrons. The largest absolute Gasteiger partial charge is 0.453 e. The Kier molecular flexibility index (Phi) is 7.91. The maximum atomic E-state index is 14.0. The van der Waals surface area contributed by atoms with Gasteiger partial charge in [-0.1, -0.05) is 84.9 Å². The number of rotatable bonds is 10. The van der Waals surface area contributed by atoms with Gasteiger partial charge in [0.25, 0.3) is 0 Å². The number of benzene rings is 6. The molecule has 0 bridgehead atoms. The summed E-state index contributed by atoms with van der Waals surface area (Å²) in [5, 5.41) is 0. The van der Waals surface area contributed by atoms with Gasteiger partial charge in [-0.05, 0) is 72.8 Å². The maximum absolute atomic E-state index is 14.0. The molecule has 5 heteroatoms. The second kappa shape index (κ2) is 12.6. The van der Waals surface area contributed by atoms with Crippen LogP contribution in [0.25, 0.3) is 0 Å². The molecule has 42 heavy (non-hydrogen) atoms. The molecule has 0 N–H and O–H groups in total. The highest BCUT2D eigenvalue weighted by Gasteiger charge is 2.21. The summed E-state index contributed by atoms with van der Waals surface area (Å²) < 4.78 is 24.7. The summed E-state index contributed by atoms with van der Waals surface area (Å²) in [7, 11) is 0. The molecule has 6 aromatic carbocycles. The van der Waals surface area contributed by atoms with Crippen molar-refractivity contribution in [3.8, 4) is 46.0 Å². The summed E-state index contributed by atoms with van der Waals surface area (Å²) in [4.78, 5) is 14.0. The third-order valence-corrected chi connectivity index (χ3v) is 6.34. The summed E-state index contributed by atoms with van der Waals surface area (Å²) in [6, 6.07) is 47.9. The van der Waals surface area contributed by atoms with Crippen molar-refractivity contribution < 1.29 is 23.7 Å². The minimum atomic E-state index is -0.246. The zero-order valence-corrected chi connectivity index (χ0v) is 22.6. The Labute approximate surface area is 244 Å². The summed E-state index contributed by atoms with van der Waals surface area (Å²) >= 11 is 0. The molecular formula is C37H26O5. The Morgan fingerprint density at radius 1 is 0.310 bits per heavy atom. The number of carbonyl (C=O) groups is 1. The number of ketones is 1. The van der Waals surface area contributed by atoms with Crippen LogP contribution in [0.5, 0.6) is 46.0 Å². The molecular weight excluding hydrogens is 524 g/mol. The van der Waals surface area contributed by atoms with Gasteiger partial charge in [-0.3, -0.25) is 4.79 Å². The lowest BCUT2D eigenvalue weighted by Gasteiger charge is -2.16. The van der Waals surface area contributed by atoms with Crippen LogP contribution in [0.2, 0.25) is 0 Å². The first-order valence-electron chi connectivity index (χ1n) is 13.5. The van der Waals surface area contributed by atoms with Gasteiger partial charge in [0, 0.05) is 0 Å². The quantitative estimate of drug-likeness (QED) is 0.159. The van der Waals surface area contributed by atoms with E-state index in [4.69, 9.17) is 18.9 Å². The van der Waals surface area contributed by atoms with E-state index in [0.717, 1.165) is 0 Å². The van der Waals surface area contributed by atoms with Gasteiger partial charge in [-0.2, -0.15) is 0 Å². The first-order chi connectivity index (χ1) is 20.7. The van der Waals surface area contributed by atoms with E-state index in [9.17, 15) is 4.79 Å². The van der Waals surface area contributed by atoms with Gasteiger partial charge >= 0.3 is 0 Å². The van der Waals surface area contributed by atoms with E-state index in [1.165, 1.54) is 0 Å². The van der Waals surface area contributed by atoms with Crippen molar-refractivity contribution in [3.63, 3.8) is 0 Å². The van der Waals surface area contributed by atoms with E-state index in [0.29, 0.717) is 57.1 Å². The molecule has 0 fully saturated rings. The van der Waals surface area contributed by atoms with Gasteiger partial charge in [0.15, 0.2) is 23.0 Å². The number of para-hydroxylation sites is 8. The molecule has 6 rings (SSSR count). The van der Waals surface area contributed by atoms with Gasteiger partial charge in [-0.15, -0.1) is 0 Å². The fourth-order valence-electron chi connectivity index (χ4n) is 4.34. The number of carbonyl (C=O) groups excluding carboxylic acids is 1. The van der Waals surface area contributed by atoms with Crippen molar-refractivity contribution in [1.29, 1.82) is 0 Å².